The Labute approximate surface area is 72.6 Å². The third kappa shape index (κ3) is 1.23. The van der Waals surface area contributed by atoms with Crippen molar-refractivity contribution in [2.24, 2.45) is 5.92 Å². The lowest BCUT2D eigenvalue weighted by Crippen LogP contribution is -2.28. The summed E-state index contributed by atoms with van der Waals surface area (Å²) >= 11 is 0. The molecule has 2 aliphatic rings. The average molecular weight is 160 g/mol. The number of nitriles is 1. The average Bonchev–Trinajstić information content (AvgIpc) is 2.17. The van der Waals surface area contributed by atoms with Crippen molar-refractivity contribution in [1.29, 1.82) is 5.26 Å². The first-order valence-electron chi connectivity index (χ1n) is 4.42. The van der Waals surface area contributed by atoms with Crippen molar-refractivity contribution in [1.82, 2.24) is 5.32 Å². The molecule has 1 N–H and O–H groups in total. The summed E-state index contributed by atoms with van der Waals surface area (Å²) in [5.74, 6) is 0.190. The van der Waals surface area contributed by atoms with Gasteiger partial charge < -0.3 is 5.32 Å². The van der Waals surface area contributed by atoms with E-state index in [9.17, 15) is 0 Å². The summed E-state index contributed by atoms with van der Waals surface area (Å²) in [6.45, 7) is 0.819. The topological polar surface area (TPSA) is 35.8 Å². The second kappa shape index (κ2) is 3.02. The molecule has 0 aromatic heterocycles. The zero-order valence-corrected chi connectivity index (χ0v) is 7.01. The first kappa shape index (κ1) is 7.42. The van der Waals surface area contributed by atoms with E-state index >= 15 is 0 Å². The van der Waals surface area contributed by atoms with Gasteiger partial charge in [0, 0.05) is 12.2 Å². The normalized spacial score (nSPS) is 27.4. The van der Waals surface area contributed by atoms with E-state index in [1.54, 1.807) is 0 Å². The Hall–Kier alpha value is -1.23. The molecule has 0 aromatic carbocycles. The fourth-order valence-electron chi connectivity index (χ4n) is 1.80. The molecule has 2 heteroatoms. The number of nitrogens with one attached hydrogen (secondary N) is 1. The van der Waals surface area contributed by atoms with Crippen molar-refractivity contribution in [3.63, 3.8) is 0 Å². The van der Waals surface area contributed by atoms with Crippen LogP contribution in [0.4, 0.5) is 0 Å². The van der Waals surface area contributed by atoms with Crippen molar-refractivity contribution < 1.29 is 0 Å². The molecule has 1 aliphatic carbocycles. The van der Waals surface area contributed by atoms with Gasteiger partial charge in [-0.1, -0.05) is 6.08 Å². The highest BCUT2D eigenvalue weighted by Crippen LogP contribution is 2.26. The Kier molecular flexibility index (Phi) is 1.87. The Bertz CT molecular complexity index is 281. The maximum atomic E-state index is 8.75. The Morgan fingerprint density at radius 2 is 2.50 bits per heavy atom. The van der Waals surface area contributed by atoms with Crippen molar-refractivity contribution in [3.8, 4) is 6.07 Å². The van der Waals surface area contributed by atoms with Crippen LogP contribution in [-0.2, 0) is 0 Å². The molecule has 0 saturated heterocycles. The molecular formula is C10H12N2. The van der Waals surface area contributed by atoms with Crippen molar-refractivity contribution >= 4 is 0 Å². The zero-order chi connectivity index (χ0) is 8.39. The van der Waals surface area contributed by atoms with Crippen LogP contribution in [0, 0.1) is 17.2 Å². The highest BCUT2D eigenvalue weighted by molar-refractivity contribution is 5.31. The summed E-state index contributed by atoms with van der Waals surface area (Å²) in [5, 5.41) is 12.0. The van der Waals surface area contributed by atoms with Gasteiger partial charge in [-0.2, -0.15) is 5.26 Å². The van der Waals surface area contributed by atoms with E-state index in [4.69, 9.17) is 5.26 Å². The van der Waals surface area contributed by atoms with Crippen LogP contribution in [0.5, 0.6) is 0 Å². The van der Waals surface area contributed by atoms with E-state index in [1.807, 2.05) is 0 Å². The molecule has 12 heavy (non-hydrogen) atoms. The molecular weight excluding hydrogens is 148 g/mol. The lowest BCUT2D eigenvalue weighted by atomic mass is 9.89. The van der Waals surface area contributed by atoms with E-state index in [1.165, 1.54) is 11.3 Å². The van der Waals surface area contributed by atoms with Crippen LogP contribution in [0.25, 0.3) is 0 Å². The van der Waals surface area contributed by atoms with Gasteiger partial charge in [0.15, 0.2) is 0 Å². The van der Waals surface area contributed by atoms with Gasteiger partial charge in [-0.3, -0.25) is 0 Å². The third-order valence-electron chi connectivity index (χ3n) is 2.49. The first-order valence-corrected chi connectivity index (χ1v) is 4.42. The fraction of sp³-hybridized carbons (Fsp3) is 0.500. The van der Waals surface area contributed by atoms with E-state index < -0.39 is 0 Å². The predicted molar refractivity (Wildman–Crippen MR) is 47.1 cm³/mol. The Morgan fingerprint density at radius 1 is 1.58 bits per heavy atom. The largest absolute Gasteiger partial charge is 0.384 e. The predicted octanol–water partition coefficient (Wildman–Crippen LogP) is 1.72. The fourth-order valence-corrected chi connectivity index (χ4v) is 1.80. The maximum absolute atomic E-state index is 8.75. The lowest BCUT2D eigenvalue weighted by Gasteiger charge is -2.25. The summed E-state index contributed by atoms with van der Waals surface area (Å²) in [6.07, 6.45) is 7.59. The van der Waals surface area contributed by atoms with Gasteiger partial charge >= 0.3 is 0 Å². The molecule has 1 aliphatic heterocycles. The van der Waals surface area contributed by atoms with Gasteiger partial charge in [-0.25, -0.2) is 0 Å². The minimum absolute atomic E-state index is 0.190. The molecule has 62 valence electrons. The highest BCUT2D eigenvalue weighted by atomic mass is 14.9. The van der Waals surface area contributed by atoms with E-state index in [2.05, 4.69) is 23.5 Å². The molecule has 2 nitrogen and oxygen atoms in total. The quantitative estimate of drug-likeness (QED) is 0.585. The number of nitrogens with zero attached hydrogens (tertiary/aromatic N) is 1. The summed E-state index contributed by atoms with van der Waals surface area (Å²) < 4.78 is 0. The number of hydrogen-bond acceptors (Lipinski definition) is 2. The number of allylic oxidation sites excluding steroid dienone is 3. The highest BCUT2D eigenvalue weighted by Gasteiger charge is 2.19. The van der Waals surface area contributed by atoms with Crippen LogP contribution in [0.3, 0.4) is 0 Å². The van der Waals surface area contributed by atoms with Crippen LogP contribution >= 0.6 is 0 Å². The molecule has 0 saturated carbocycles. The van der Waals surface area contributed by atoms with Crippen molar-refractivity contribution in [2.45, 2.75) is 19.3 Å². The maximum Gasteiger partial charge on any atom is 0.0677 e. The molecule has 2 rings (SSSR count). The molecule has 1 atom stereocenters. The molecule has 0 bridgehead atoms. The molecule has 0 amide bonds. The van der Waals surface area contributed by atoms with Gasteiger partial charge in [-0.05, 0) is 30.9 Å². The van der Waals surface area contributed by atoms with Gasteiger partial charge in [0.05, 0.1) is 12.0 Å². The van der Waals surface area contributed by atoms with E-state index in [-0.39, 0.29) is 5.92 Å². The Balaban J connectivity index is 2.18. The van der Waals surface area contributed by atoms with Gasteiger partial charge in [0.1, 0.15) is 0 Å². The number of hydrogen-bond donors (Lipinski definition) is 1. The van der Waals surface area contributed by atoms with Crippen LogP contribution in [0.2, 0.25) is 0 Å². The number of rotatable bonds is 0. The monoisotopic (exact) mass is 160 g/mol. The summed E-state index contributed by atoms with van der Waals surface area (Å²) in [7, 11) is 0. The third-order valence-corrected chi connectivity index (χ3v) is 2.49. The van der Waals surface area contributed by atoms with Crippen LogP contribution in [-0.4, -0.2) is 6.54 Å². The van der Waals surface area contributed by atoms with Gasteiger partial charge in [-0.15, -0.1) is 0 Å². The Morgan fingerprint density at radius 3 is 3.33 bits per heavy atom. The first-order chi connectivity index (χ1) is 5.90. The van der Waals surface area contributed by atoms with Crippen LogP contribution < -0.4 is 5.32 Å². The zero-order valence-electron chi connectivity index (χ0n) is 7.01. The molecule has 1 unspecified atom stereocenters. The van der Waals surface area contributed by atoms with Crippen LogP contribution in [0.15, 0.2) is 23.4 Å². The molecule has 0 radical (unpaired) electrons. The van der Waals surface area contributed by atoms with Crippen LogP contribution in [0.1, 0.15) is 19.3 Å². The van der Waals surface area contributed by atoms with Gasteiger partial charge in [0.25, 0.3) is 0 Å². The van der Waals surface area contributed by atoms with E-state index in [0.717, 1.165) is 25.8 Å². The lowest BCUT2D eigenvalue weighted by molar-refractivity contribution is 0.549. The summed E-state index contributed by atoms with van der Waals surface area (Å²) in [5.41, 5.74) is 2.71. The molecule has 0 aromatic rings. The molecule has 0 fully saturated rings. The standard InChI is InChI=1S/C10H12N2/c11-6-8-5-9-3-1-2-4-10(9)12-7-8/h2,4,8,12H,1,3,5,7H2. The smallest absolute Gasteiger partial charge is 0.0677 e. The van der Waals surface area contributed by atoms with Crippen molar-refractivity contribution in [3.05, 3.63) is 23.4 Å². The molecule has 1 heterocycles. The van der Waals surface area contributed by atoms with E-state index in [0.29, 0.717) is 0 Å². The minimum atomic E-state index is 0.190. The minimum Gasteiger partial charge on any atom is -0.384 e. The SMILES string of the molecule is N#CC1CNC2=C(CCC=C2)C1. The molecule has 0 spiro atoms. The second-order valence-corrected chi connectivity index (χ2v) is 3.37. The van der Waals surface area contributed by atoms with Crippen molar-refractivity contribution in [2.75, 3.05) is 6.54 Å². The summed E-state index contributed by atoms with van der Waals surface area (Å²) in [4.78, 5) is 0. The summed E-state index contributed by atoms with van der Waals surface area (Å²) in [6, 6.07) is 2.32. The second-order valence-electron chi connectivity index (χ2n) is 3.37. The van der Waals surface area contributed by atoms with Gasteiger partial charge in [0.2, 0.25) is 0 Å².